The van der Waals surface area contributed by atoms with Gasteiger partial charge in [0.15, 0.2) is 5.96 Å². The summed E-state index contributed by atoms with van der Waals surface area (Å²) < 4.78 is 12.1. The number of rotatable bonds is 8. The summed E-state index contributed by atoms with van der Waals surface area (Å²) in [4.78, 5) is 16.5. The summed E-state index contributed by atoms with van der Waals surface area (Å²) >= 11 is 0. The normalized spacial score (nSPS) is 20.3. The molecule has 0 saturated heterocycles. The van der Waals surface area contributed by atoms with Crippen LogP contribution in [0.25, 0.3) is 0 Å². The lowest BCUT2D eigenvalue weighted by Gasteiger charge is -2.30. The topological polar surface area (TPSA) is 82.6 Å². The lowest BCUT2D eigenvalue weighted by Crippen LogP contribution is -2.46. The molecule has 1 amide bonds. The number of guanidine groups is 1. The van der Waals surface area contributed by atoms with E-state index in [1.807, 2.05) is 38.1 Å². The van der Waals surface area contributed by atoms with E-state index in [2.05, 4.69) is 20.9 Å². The molecule has 6 nitrogen and oxygen atoms in total. The van der Waals surface area contributed by atoms with Crippen LogP contribution in [-0.4, -0.2) is 46.7 Å². The zero-order chi connectivity index (χ0) is 20.4. The quantitative estimate of drug-likeness (QED) is 0.272. The van der Waals surface area contributed by atoms with Crippen molar-refractivity contribution < 1.29 is 9.00 Å². The predicted octanol–water partition coefficient (Wildman–Crippen LogP) is 3.19. The van der Waals surface area contributed by atoms with Gasteiger partial charge in [-0.2, -0.15) is 0 Å². The van der Waals surface area contributed by atoms with Crippen LogP contribution in [0.4, 0.5) is 0 Å². The van der Waals surface area contributed by atoms with Crippen LogP contribution in [0, 0.1) is 0 Å². The highest BCUT2D eigenvalue weighted by atomic mass is 127. The van der Waals surface area contributed by atoms with E-state index < -0.39 is 10.8 Å². The van der Waals surface area contributed by atoms with Gasteiger partial charge in [-0.05, 0) is 43.4 Å². The number of hydrogen-bond donors (Lipinski definition) is 3. The van der Waals surface area contributed by atoms with Crippen LogP contribution in [0.3, 0.4) is 0 Å². The first kappa shape index (κ1) is 25.9. The van der Waals surface area contributed by atoms with E-state index >= 15 is 0 Å². The van der Waals surface area contributed by atoms with Gasteiger partial charge >= 0.3 is 0 Å². The van der Waals surface area contributed by atoms with Crippen LogP contribution >= 0.6 is 24.0 Å². The second-order valence-corrected chi connectivity index (χ2v) is 9.19. The van der Waals surface area contributed by atoms with Gasteiger partial charge in [-0.3, -0.25) is 14.0 Å². The monoisotopic (exact) mass is 534 g/mol. The molecule has 1 aliphatic carbocycles. The summed E-state index contributed by atoms with van der Waals surface area (Å²) in [7, 11) is 1.03. The Bertz CT molecular complexity index is 699. The summed E-state index contributed by atoms with van der Waals surface area (Å²) in [6.07, 6.45) is 5.07. The molecule has 0 bridgehead atoms. The molecule has 8 heteroatoms. The molecule has 1 aliphatic rings. The lowest BCUT2D eigenvalue weighted by atomic mass is 9.95. The number of carbonyl (C=O) groups excluding carboxylic acids is 1. The standard InChI is InChI=1S/C21H34N4O2S.HI/c1-4-12-23-20(26)17-9-6-8-16(13-17)15-24-21(22-3)25-18-10-7-11-19(14-18)28(27)5-2;/h6,8-9,13,18-19H,4-5,7,10-12,14-15H2,1-3H3,(H,23,26)(H2,22,24,25);1H. The molecule has 2 rings (SSSR count). The Morgan fingerprint density at radius 3 is 2.72 bits per heavy atom. The zero-order valence-corrected chi connectivity index (χ0v) is 20.8. The molecular weight excluding hydrogens is 499 g/mol. The van der Waals surface area contributed by atoms with Gasteiger partial charge in [-0.1, -0.05) is 32.4 Å². The summed E-state index contributed by atoms with van der Waals surface area (Å²) in [5, 5.41) is 10.00. The number of carbonyl (C=O) groups is 1. The largest absolute Gasteiger partial charge is 0.354 e. The Kier molecular flexibility index (Phi) is 12.4. The maximum atomic E-state index is 12.1. The van der Waals surface area contributed by atoms with Gasteiger partial charge in [-0.15, -0.1) is 24.0 Å². The Morgan fingerprint density at radius 1 is 1.24 bits per heavy atom. The van der Waals surface area contributed by atoms with Crippen molar-refractivity contribution >= 4 is 46.6 Å². The van der Waals surface area contributed by atoms with Crippen molar-refractivity contribution in [3.8, 4) is 0 Å². The fraction of sp³-hybridized carbons (Fsp3) is 0.619. The van der Waals surface area contributed by atoms with Gasteiger partial charge in [0.25, 0.3) is 5.91 Å². The fourth-order valence-electron chi connectivity index (χ4n) is 3.49. The van der Waals surface area contributed by atoms with Gasteiger partial charge in [0, 0.05) is 53.5 Å². The molecule has 1 aromatic carbocycles. The maximum absolute atomic E-state index is 12.1. The second-order valence-electron chi connectivity index (χ2n) is 7.18. The van der Waals surface area contributed by atoms with Gasteiger partial charge in [0.05, 0.1) is 0 Å². The molecule has 0 spiro atoms. The highest BCUT2D eigenvalue weighted by Gasteiger charge is 2.26. The number of nitrogens with one attached hydrogen (secondary N) is 3. The zero-order valence-electron chi connectivity index (χ0n) is 17.7. The van der Waals surface area contributed by atoms with Crippen molar-refractivity contribution in [2.24, 2.45) is 4.99 Å². The highest BCUT2D eigenvalue weighted by Crippen LogP contribution is 2.23. The third-order valence-electron chi connectivity index (χ3n) is 5.03. The van der Waals surface area contributed by atoms with Crippen molar-refractivity contribution in [1.82, 2.24) is 16.0 Å². The maximum Gasteiger partial charge on any atom is 0.251 e. The molecule has 0 heterocycles. The predicted molar refractivity (Wildman–Crippen MR) is 133 cm³/mol. The summed E-state index contributed by atoms with van der Waals surface area (Å²) in [6.45, 7) is 5.30. The lowest BCUT2D eigenvalue weighted by molar-refractivity contribution is 0.0953. The molecular formula is C21H35IN4O2S. The second kappa shape index (κ2) is 14.0. The minimum atomic E-state index is -0.732. The van der Waals surface area contributed by atoms with E-state index in [0.29, 0.717) is 24.7 Å². The average molecular weight is 535 g/mol. The van der Waals surface area contributed by atoms with Crippen LogP contribution in [0.5, 0.6) is 0 Å². The number of hydrogen-bond acceptors (Lipinski definition) is 3. The first-order valence-corrected chi connectivity index (χ1v) is 11.7. The number of benzene rings is 1. The smallest absolute Gasteiger partial charge is 0.251 e. The third kappa shape index (κ3) is 8.62. The fourth-order valence-corrected chi connectivity index (χ4v) is 4.84. The van der Waals surface area contributed by atoms with E-state index in [9.17, 15) is 9.00 Å². The Labute approximate surface area is 194 Å². The summed E-state index contributed by atoms with van der Waals surface area (Å²) in [5.74, 6) is 1.43. The Balaban J connectivity index is 0.00000420. The molecule has 3 N–H and O–H groups in total. The van der Waals surface area contributed by atoms with Gasteiger partial charge in [-0.25, -0.2) is 0 Å². The Hall–Kier alpha value is -1.16. The van der Waals surface area contributed by atoms with Crippen LogP contribution in [-0.2, 0) is 17.3 Å². The molecule has 0 radical (unpaired) electrons. The first-order chi connectivity index (χ1) is 13.6. The molecule has 1 saturated carbocycles. The van der Waals surface area contributed by atoms with E-state index in [0.717, 1.165) is 49.4 Å². The average Bonchev–Trinajstić information content (AvgIpc) is 2.74. The van der Waals surface area contributed by atoms with E-state index in [4.69, 9.17) is 0 Å². The summed E-state index contributed by atoms with van der Waals surface area (Å²) in [5.41, 5.74) is 1.70. The Morgan fingerprint density at radius 2 is 2.03 bits per heavy atom. The van der Waals surface area contributed by atoms with E-state index in [1.54, 1.807) is 7.05 Å². The van der Waals surface area contributed by atoms with E-state index in [-0.39, 0.29) is 35.1 Å². The SMILES string of the molecule is CCCNC(=O)c1cccc(CNC(=NC)NC2CCCC(S(=O)CC)C2)c1.I. The van der Waals surface area contributed by atoms with Crippen LogP contribution < -0.4 is 16.0 Å². The van der Waals surface area contributed by atoms with Crippen molar-refractivity contribution in [3.63, 3.8) is 0 Å². The number of amides is 1. The van der Waals surface area contributed by atoms with Crippen molar-refractivity contribution in [3.05, 3.63) is 35.4 Å². The molecule has 3 atom stereocenters. The van der Waals surface area contributed by atoms with Gasteiger partial charge in [0.1, 0.15) is 0 Å². The minimum Gasteiger partial charge on any atom is -0.354 e. The molecule has 0 aromatic heterocycles. The van der Waals surface area contributed by atoms with Crippen molar-refractivity contribution in [2.75, 3.05) is 19.3 Å². The van der Waals surface area contributed by atoms with Crippen LogP contribution in [0.1, 0.15) is 61.9 Å². The number of halogens is 1. The highest BCUT2D eigenvalue weighted by molar-refractivity contribution is 14.0. The number of aliphatic imine (C=N–C) groups is 1. The van der Waals surface area contributed by atoms with Crippen LogP contribution in [0.2, 0.25) is 0 Å². The van der Waals surface area contributed by atoms with Gasteiger partial charge in [0.2, 0.25) is 0 Å². The van der Waals surface area contributed by atoms with Crippen molar-refractivity contribution in [1.29, 1.82) is 0 Å². The summed E-state index contributed by atoms with van der Waals surface area (Å²) in [6, 6.07) is 7.94. The minimum absolute atomic E-state index is 0. The molecule has 29 heavy (non-hydrogen) atoms. The molecule has 164 valence electrons. The first-order valence-electron chi connectivity index (χ1n) is 10.3. The number of nitrogens with zero attached hydrogens (tertiary/aromatic N) is 1. The molecule has 3 unspecified atom stereocenters. The van der Waals surface area contributed by atoms with E-state index in [1.165, 1.54) is 0 Å². The van der Waals surface area contributed by atoms with Crippen molar-refractivity contribution in [2.45, 2.75) is 63.8 Å². The van der Waals surface area contributed by atoms with Crippen LogP contribution in [0.15, 0.2) is 29.3 Å². The molecule has 1 fully saturated rings. The molecule has 0 aliphatic heterocycles. The van der Waals surface area contributed by atoms with Gasteiger partial charge < -0.3 is 16.0 Å². The third-order valence-corrected chi connectivity index (χ3v) is 6.77. The molecule has 1 aromatic rings.